The molecule has 18 heavy (non-hydrogen) atoms. The molecule has 0 bridgehead atoms. The summed E-state index contributed by atoms with van der Waals surface area (Å²) in [6, 6.07) is 7.11. The van der Waals surface area contributed by atoms with E-state index >= 15 is 0 Å². The molecule has 1 aromatic rings. The average molecular weight is 246 g/mol. The lowest BCUT2D eigenvalue weighted by molar-refractivity contribution is -0.489. The highest BCUT2D eigenvalue weighted by Gasteiger charge is 2.39. The van der Waals surface area contributed by atoms with Crippen LogP contribution in [-0.2, 0) is 4.79 Å². The molecule has 0 saturated heterocycles. The van der Waals surface area contributed by atoms with E-state index in [4.69, 9.17) is 0 Å². The topological polar surface area (TPSA) is 97.0 Å². The molecule has 1 aliphatic rings. The Morgan fingerprint density at radius 1 is 1.39 bits per heavy atom. The van der Waals surface area contributed by atoms with Gasteiger partial charge in [0.2, 0.25) is 5.84 Å². The molecule has 0 aromatic heterocycles. The molecule has 7 nitrogen and oxygen atoms in total. The van der Waals surface area contributed by atoms with E-state index in [9.17, 15) is 14.9 Å². The van der Waals surface area contributed by atoms with Crippen LogP contribution in [0.15, 0.2) is 40.3 Å². The fourth-order valence-corrected chi connectivity index (χ4v) is 1.54. The van der Waals surface area contributed by atoms with Crippen LogP contribution < -0.4 is 5.32 Å². The fourth-order valence-electron chi connectivity index (χ4n) is 1.54. The number of carbonyl (C=O) groups excluding carboxylic acids is 1. The largest absolute Gasteiger partial charge is 0.348 e. The molecule has 0 aliphatic carbocycles. The van der Waals surface area contributed by atoms with Crippen molar-refractivity contribution in [3.63, 3.8) is 0 Å². The van der Waals surface area contributed by atoms with Crippen molar-refractivity contribution in [3.05, 3.63) is 40.4 Å². The first-order chi connectivity index (χ1) is 8.58. The Kier molecular flexibility index (Phi) is 3.13. The van der Waals surface area contributed by atoms with Crippen molar-refractivity contribution in [2.24, 2.45) is 9.98 Å². The van der Waals surface area contributed by atoms with Gasteiger partial charge in [0, 0.05) is 4.92 Å². The van der Waals surface area contributed by atoms with Gasteiger partial charge in [0.15, 0.2) is 0 Å². The molecule has 1 unspecified atom stereocenters. The summed E-state index contributed by atoms with van der Waals surface area (Å²) in [5.74, 6) is -0.526. The summed E-state index contributed by atoms with van der Waals surface area (Å²) in [5.41, 5.74) is 0.519. The fraction of sp³-hybridized carbons (Fsp3) is 0.182. The van der Waals surface area contributed by atoms with E-state index < -0.39 is 16.9 Å². The van der Waals surface area contributed by atoms with Crippen LogP contribution in [0.3, 0.4) is 0 Å². The molecule has 1 aliphatic heterocycles. The maximum atomic E-state index is 11.5. The monoisotopic (exact) mass is 246 g/mol. The number of hydrogen-bond donors (Lipinski definition) is 1. The summed E-state index contributed by atoms with van der Waals surface area (Å²) in [6.07, 6.45) is 0. The van der Waals surface area contributed by atoms with Gasteiger partial charge in [-0.3, -0.25) is 14.9 Å². The number of amidine groups is 2. The number of rotatable bonds is 2. The Balaban J connectivity index is 2.45. The van der Waals surface area contributed by atoms with Gasteiger partial charge in [0.1, 0.15) is 5.84 Å². The van der Waals surface area contributed by atoms with Crippen molar-refractivity contribution >= 4 is 23.3 Å². The highest BCUT2D eigenvalue weighted by atomic mass is 16.6. The molecule has 1 N–H and O–H groups in total. The summed E-state index contributed by atoms with van der Waals surface area (Å²) in [5, 5.41) is 13.2. The van der Waals surface area contributed by atoms with Crippen molar-refractivity contribution in [3.8, 4) is 0 Å². The minimum atomic E-state index is -1.56. The third-order valence-corrected chi connectivity index (χ3v) is 2.29. The molecule has 1 heterocycles. The first kappa shape index (κ1) is 11.9. The second-order valence-electron chi connectivity index (χ2n) is 3.68. The summed E-state index contributed by atoms with van der Waals surface area (Å²) < 4.78 is 0. The Hall–Kier alpha value is -2.57. The summed E-state index contributed by atoms with van der Waals surface area (Å²) in [6.45, 7) is 1.55. The Morgan fingerprint density at radius 2 is 2.06 bits per heavy atom. The lowest BCUT2D eigenvalue weighted by Gasteiger charge is -2.15. The first-order valence-electron chi connectivity index (χ1n) is 5.21. The van der Waals surface area contributed by atoms with Crippen LogP contribution in [0.5, 0.6) is 0 Å². The van der Waals surface area contributed by atoms with Gasteiger partial charge in [-0.05, 0) is 19.1 Å². The van der Waals surface area contributed by atoms with Crippen LogP contribution in [0.25, 0.3) is 0 Å². The number of nitrogens with zero attached hydrogens (tertiary/aromatic N) is 3. The van der Waals surface area contributed by atoms with Gasteiger partial charge in [-0.15, -0.1) is 0 Å². The summed E-state index contributed by atoms with van der Waals surface area (Å²) in [7, 11) is 0. The second kappa shape index (κ2) is 4.74. The number of aliphatic imine (C=N–C) groups is 2. The van der Waals surface area contributed by atoms with E-state index in [1.165, 1.54) is 0 Å². The van der Waals surface area contributed by atoms with E-state index in [0.29, 0.717) is 11.5 Å². The second-order valence-corrected chi connectivity index (χ2v) is 3.68. The maximum Gasteiger partial charge on any atom is 0.348 e. The van der Waals surface area contributed by atoms with Crippen LogP contribution in [0, 0.1) is 10.1 Å². The van der Waals surface area contributed by atoms with E-state index in [2.05, 4.69) is 15.3 Å². The highest BCUT2D eigenvalue weighted by Crippen LogP contribution is 2.14. The molecular formula is C11H10N4O3. The number of nitrogens with one attached hydrogen (secondary N) is 1. The number of nitro groups is 1. The number of para-hydroxylation sites is 1. The SMILES string of the molecule is CC1=NC(=Nc2ccccc2)C([N+](=O)[O-])C(=O)N1. The molecule has 1 amide bonds. The molecule has 7 heteroatoms. The van der Waals surface area contributed by atoms with E-state index in [1.54, 1.807) is 37.3 Å². The number of benzene rings is 1. The molecule has 2 rings (SSSR count). The lowest BCUT2D eigenvalue weighted by Crippen LogP contribution is -2.50. The van der Waals surface area contributed by atoms with Gasteiger partial charge >= 0.3 is 11.9 Å². The number of carbonyl (C=O) groups is 1. The zero-order valence-electron chi connectivity index (χ0n) is 9.53. The van der Waals surface area contributed by atoms with Crippen molar-refractivity contribution in [2.45, 2.75) is 13.0 Å². The Morgan fingerprint density at radius 3 is 2.67 bits per heavy atom. The predicted molar refractivity (Wildman–Crippen MR) is 65.6 cm³/mol. The molecule has 0 spiro atoms. The van der Waals surface area contributed by atoms with Gasteiger partial charge in [0.25, 0.3) is 0 Å². The summed E-state index contributed by atoms with van der Waals surface area (Å²) >= 11 is 0. The minimum absolute atomic E-state index is 0.104. The molecule has 0 radical (unpaired) electrons. The van der Waals surface area contributed by atoms with Crippen LogP contribution in [-0.4, -0.2) is 28.5 Å². The van der Waals surface area contributed by atoms with Crippen molar-refractivity contribution in [1.29, 1.82) is 0 Å². The third-order valence-electron chi connectivity index (χ3n) is 2.29. The summed E-state index contributed by atoms with van der Waals surface area (Å²) in [4.78, 5) is 29.7. The van der Waals surface area contributed by atoms with Gasteiger partial charge in [-0.2, -0.15) is 0 Å². The number of amides is 1. The lowest BCUT2D eigenvalue weighted by atomic mass is 10.2. The van der Waals surface area contributed by atoms with E-state index in [0.717, 1.165) is 0 Å². The highest BCUT2D eigenvalue weighted by molar-refractivity contribution is 6.19. The normalized spacial score (nSPS) is 21.4. The third kappa shape index (κ3) is 2.40. The Labute approximate surface area is 102 Å². The quantitative estimate of drug-likeness (QED) is 0.620. The van der Waals surface area contributed by atoms with E-state index in [1.807, 2.05) is 0 Å². The average Bonchev–Trinajstić information content (AvgIpc) is 2.28. The zero-order chi connectivity index (χ0) is 13.1. The smallest absolute Gasteiger partial charge is 0.308 e. The van der Waals surface area contributed by atoms with Crippen molar-refractivity contribution in [1.82, 2.24) is 5.32 Å². The van der Waals surface area contributed by atoms with Gasteiger partial charge in [-0.25, -0.2) is 9.98 Å². The zero-order valence-corrected chi connectivity index (χ0v) is 9.53. The van der Waals surface area contributed by atoms with Crippen LogP contribution >= 0.6 is 0 Å². The van der Waals surface area contributed by atoms with Gasteiger partial charge < -0.3 is 5.32 Å². The standard InChI is InChI=1S/C11H10N4O3/c1-7-12-10(9(15(17)18)11(16)13-7)14-8-5-3-2-4-6-8/h2-6,9H,1H3,(H,12,13,14,16). The van der Waals surface area contributed by atoms with Crippen LogP contribution in [0.1, 0.15) is 6.92 Å². The molecule has 1 atom stereocenters. The molecule has 0 fully saturated rings. The van der Waals surface area contributed by atoms with Crippen molar-refractivity contribution in [2.75, 3.05) is 0 Å². The predicted octanol–water partition coefficient (Wildman–Crippen LogP) is 0.910. The molecular weight excluding hydrogens is 236 g/mol. The molecule has 1 aromatic carbocycles. The van der Waals surface area contributed by atoms with Gasteiger partial charge in [-0.1, -0.05) is 18.2 Å². The number of hydrogen-bond acceptors (Lipinski definition) is 4. The minimum Gasteiger partial charge on any atom is -0.308 e. The van der Waals surface area contributed by atoms with E-state index in [-0.39, 0.29) is 5.84 Å². The van der Waals surface area contributed by atoms with Crippen LogP contribution in [0.2, 0.25) is 0 Å². The molecule has 92 valence electrons. The van der Waals surface area contributed by atoms with Crippen LogP contribution in [0.4, 0.5) is 5.69 Å². The Bertz CT molecular complexity index is 551. The maximum absolute atomic E-state index is 11.5. The van der Waals surface area contributed by atoms with Crippen molar-refractivity contribution < 1.29 is 9.72 Å². The molecule has 0 saturated carbocycles. The van der Waals surface area contributed by atoms with Gasteiger partial charge in [0.05, 0.1) is 5.69 Å². The first-order valence-corrected chi connectivity index (χ1v) is 5.21.